The molecule has 0 aliphatic carbocycles. The van der Waals surface area contributed by atoms with E-state index < -0.39 is 0 Å². The molecule has 1 N–H and O–H groups in total. The van der Waals surface area contributed by atoms with E-state index >= 15 is 0 Å². The lowest BCUT2D eigenvalue weighted by Gasteiger charge is -2.14. The average Bonchev–Trinajstić information content (AvgIpc) is 3.35. The second kappa shape index (κ2) is 9.57. The quantitative estimate of drug-likeness (QED) is 0.537. The van der Waals surface area contributed by atoms with Crippen LogP contribution in [-0.4, -0.2) is 27.3 Å². The monoisotopic (exact) mass is 407 g/mol. The van der Waals surface area contributed by atoms with E-state index in [-0.39, 0.29) is 0 Å². The molecule has 2 heterocycles. The van der Waals surface area contributed by atoms with Crippen molar-refractivity contribution in [1.29, 1.82) is 0 Å². The van der Waals surface area contributed by atoms with E-state index in [1.165, 1.54) is 0 Å². The highest BCUT2D eigenvalue weighted by Crippen LogP contribution is 2.37. The summed E-state index contributed by atoms with van der Waals surface area (Å²) in [5.74, 6) is 1.78. The number of aromatic nitrogens is 4. The maximum Gasteiger partial charge on any atom is 0.243 e. The van der Waals surface area contributed by atoms with Crippen LogP contribution in [-0.2, 0) is 19.7 Å². The first-order valence-corrected chi connectivity index (χ1v) is 9.98. The van der Waals surface area contributed by atoms with Crippen LogP contribution in [0.1, 0.15) is 30.2 Å². The third kappa shape index (κ3) is 5.11. The van der Waals surface area contributed by atoms with Gasteiger partial charge in [0.2, 0.25) is 5.95 Å². The molecule has 3 rings (SSSR count). The molecule has 0 radical (unpaired) electrons. The summed E-state index contributed by atoms with van der Waals surface area (Å²) >= 11 is 8.08. The van der Waals surface area contributed by atoms with Gasteiger partial charge >= 0.3 is 0 Å². The Morgan fingerprint density at radius 2 is 2.22 bits per heavy atom. The number of hydrogen-bond acceptors (Lipinski definition) is 7. The summed E-state index contributed by atoms with van der Waals surface area (Å²) in [5.41, 5.74) is 0.949. The summed E-state index contributed by atoms with van der Waals surface area (Å²) in [5, 5.41) is 17.5. The molecule has 7 nitrogen and oxygen atoms in total. The van der Waals surface area contributed by atoms with E-state index in [0.29, 0.717) is 35.6 Å². The number of hydrogen-bond donors (Lipinski definition) is 1. The van der Waals surface area contributed by atoms with E-state index in [2.05, 4.69) is 27.8 Å². The molecule has 144 valence electrons. The lowest BCUT2D eigenvalue weighted by Crippen LogP contribution is -2.09. The Morgan fingerprint density at radius 1 is 1.33 bits per heavy atom. The second-order valence-corrected chi connectivity index (χ2v) is 7.35. The van der Waals surface area contributed by atoms with Gasteiger partial charge in [0.25, 0.3) is 0 Å². The van der Waals surface area contributed by atoms with Crippen LogP contribution >= 0.6 is 22.9 Å². The van der Waals surface area contributed by atoms with Gasteiger partial charge < -0.3 is 14.8 Å². The zero-order valence-electron chi connectivity index (χ0n) is 15.3. The highest BCUT2D eigenvalue weighted by molar-refractivity contribution is 7.09. The molecule has 0 bridgehead atoms. The van der Waals surface area contributed by atoms with Gasteiger partial charge in [0.15, 0.2) is 11.5 Å². The third-order valence-electron chi connectivity index (χ3n) is 3.93. The van der Waals surface area contributed by atoms with Crippen molar-refractivity contribution in [3.05, 3.63) is 45.1 Å². The van der Waals surface area contributed by atoms with Gasteiger partial charge in [0.1, 0.15) is 6.61 Å². The van der Waals surface area contributed by atoms with Gasteiger partial charge in [0.05, 0.1) is 12.1 Å². The fourth-order valence-corrected chi connectivity index (χ4v) is 3.43. The molecule has 0 unspecified atom stereocenters. The second-order valence-electron chi connectivity index (χ2n) is 5.91. The smallest absolute Gasteiger partial charge is 0.243 e. The van der Waals surface area contributed by atoms with Gasteiger partial charge in [-0.2, -0.15) is 0 Å². The predicted molar refractivity (Wildman–Crippen MR) is 107 cm³/mol. The lowest BCUT2D eigenvalue weighted by atomic mass is 10.2. The van der Waals surface area contributed by atoms with Crippen molar-refractivity contribution in [2.75, 3.05) is 12.4 Å². The van der Waals surface area contributed by atoms with E-state index in [0.717, 1.165) is 29.8 Å². The van der Waals surface area contributed by atoms with Crippen molar-refractivity contribution >= 4 is 28.9 Å². The van der Waals surface area contributed by atoms with Crippen molar-refractivity contribution in [3.63, 3.8) is 0 Å². The number of nitrogens with zero attached hydrogens (tertiary/aromatic N) is 4. The Kier molecular flexibility index (Phi) is 6.89. The highest BCUT2D eigenvalue weighted by Gasteiger charge is 2.13. The van der Waals surface area contributed by atoms with Crippen LogP contribution in [0.2, 0.25) is 5.02 Å². The molecule has 3 aromatic rings. The Bertz CT molecular complexity index is 854. The molecule has 0 fully saturated rings. The topological polar surface area (TPSA) is 74.1 Å². The number of tetrazole rings is 1. The molecule has 9 heteroatoms. The number of methoxy groups -OCH3 is 1. The van der Waals surface area contributed by atoms with Crippen LogP contribution in [0.5, 0.6) is 11.5 Å². The van der Waals surface area contributed by atoms with Crippen LogP contribution in [0, 0.1) is 0 Å². The minimum absolute atomic E-state index is 0.456. The maximum atomic E-state index is 6.44. The van der Waals surface area contributed by atoms with Gasteiger partial charge in [-0.3, -0.25) is 0 Å². The van der Waals surface area contributed by atoms with Crippen LogP contribution < -0.4 is 14.8 Å². The molecule has 27 heavy (non-hydrogen) atoms. The average molecular weight is 408 g/mol. The molecule has 0 saturated heterocycles. The molecule has 0 aliphatic rings. The summed E-state index contributed by atoms with van der Waals surface area (Å²) in [6.45, 7) is 3.89. The van der Waals surface area contributed by atoms with Crippen molar-refractivity contribution in [1.82, 2.24) is 20.2 Å². The number of rotatable bonds is 10. The first-order chi connectivity index (χ1) is 13.2. The van der Waals surface area contributed by atoms with E-state index in [1.807, 2.05) is 29.6 Å². The van der Waals surface area contributed by atoms with Crippen LogP contribution in [0.4, 0.5) is 5.95 Å². The first-order valence-electron chi connectivity index (χ1n) is 8.73. The number of unbranched alkanes of at least 4 members (excludes halogenated alkanes) is 1. The summed E-state index contributed by atoms with van der Waals surface area (Å²) in [6, 6.07) is 7.78. The zero-order chi connectivity index (χ0) is 19.1. The SMILES string of the molecule is CCCCn1nnnc1NCc1cc(Cl)c(OCc2cccs2)c(OC)c1. The van der Waals surface area contributed by atoms with Gasteiger partial charge in [-0.15, -0.1) is 11.3 Å². The largest absolute Gasteiger partial charge is 0.493 e. The van der Waals surface area contributed by atoms with E-state index in [9.17, 15) is 0 Å². The molecular formula is C18H22ClN5O2S. The number of ether oxygens (including phenoxy) is 2. The lowest BCUT2D eigenvalue weighted by molar-refractivity contribution is 0.287. The molecule has 2 aromatic heterocycles. The number of benzene rings is 1. The van der Waals surface area contributed by atoms with Gasteiger partial charge in [-0.25, -0.2) is 4.68 Å². The summed E-state index contributed by atoms with van der Waals surface area (Å²) in [7, 11) is 1.60. The molecule has 0 amide bonds. The Balaban J connectivity index is 1.68. The molecule has 1 aromatic carbocycles. The summed E-state index contributed by atoms with van der Waals surface area (Å²) < 4.78 is 13.1. The first kappa shape index (κ1) is 19.4. The van der Waals surface area contributed by atoms with Gasteiger partial charge in [-0.05, 0) is 46.0 Å². The number of halogens is 1. The minimum Gasteiger partial charge on any atom is -0.493 e. The van der Waals surface area contributed by atoms with Gasteiger partial charge in [-0.1, -0.05) is 36.1 Å². The third-order valence-corrected chi connectivity index (χ3v) is 5.06. The number of thiophene rings is 1. The normalized spacial score (nSPS) is 10.8. The van der Waals surface area contributed by atoms with Crippen molar-refractivity contribution in [2.45, 2.75) is 39.5 Å². The Labute approximate surface area is 167 Å². The van der Waals surface area contributed by atoms with Crippen LogP contribution in [0.25, 0.3) is 0 Å². The Morgan fingerprint density at radius 3 is 2.96 bits per heavy atom. The maximum absolute atomic E-state index is 6.44. The number of aryl methyl sites for hydroxylation is 1. The van der Waals surface area contributed by atoms with Gasteiger partial charge in [0, 0.05) is 18.0 Å². The van der Waals surface area contributed by atoms with Crippen molar-refractivity contribution in [2.24, 2.45) is 0 Å². The predicted octanol–water partition coefficient (Wildman–Crippen LogP) is 4.39. The van der Waals surface area contributed by atoms with E-state index in [1.54, 1.807) is 23.1 Å². The molecule has 0 aliphatic heterocycles. The summed E-state index contributed by atoms with van der Waals surface area (Å²) in [6.07, 6.45) is 2.11. The molecule has 0 saturated carbocycles. The van der Waals surface area contributed by atoms with Crippen molar-refractivity contribution < 1.29 is 9.47 Å². The highest BCUT2D eigenvalue weighted by atomic mass is 35.5. The van der Waals surface area contributed by atoms with Crippen molar-refractivity contribution in [3.8, 4) is 11.5 Å². The standard InChI is InChI=1S/C18H22ClN5O2S/c1-3-4-7-24-18(21-22-23-24)20-11-13-9-15(19)17(16(10-13)25-2)26-12-14-6-5-8-27-14/h5-6,8-10H,3-4,7,11-12H2,1-2H3,(H,20,21,23). The number of anilines is 1. The molecule has 0 atom stereocenters. The zero-order valence-corrected chi connectivity index (χ0v) is 16.9. The fourth-order valence-electron chi connectivity index (χ4n) is 2.52. The van der Waals surface area contributed by atoms with Crippen LogP contribution in [0.3, 0.4) is 0 Å². The van der Waals surface area contributed by atoms with Crippen LogP contribution in [0.15, 0.2) is 29.6 Å². The fraction of sp³-hybridized carbons (Fsp3) is 0.389. The molecular weight excluding hydrogens is 386 g/mol. The summed E-state index contributed by atoms with van der Waals surface area (Å²) in [4.78, 5) is 1.12. The minimum atomic E-state index is 0.456. The van der Waals surface area contributed by atoms with E-state index in [4.69, 9.17) is 21.1 Å². The number of nitrogens with one attached hydrogen (secondary N) is 1. The Hall–Kier alpha value is -2.32. The molecule has 0 spiro atoms.